The second-order valence-electron chi connectivity index (χ2n) is 5.16. The third kappa shape index (κ3) is 5.72. The van der Waals surface area contributed by atoms with Crippen molar-refractivity contribution in [1.82, 2.24) is 15.6 Å². The maximum absolute atomic E-state index is 12.1. The Morgan fingerprint density at radius 2 is 1.96 bits per heavy atom. The lowest BCUT2D eigenvalue weighted by Crippen LogP contribution is -2.38. The van der Waals surface area contributed by atoms with Gasteiger partial charge in [-0.1, -0.05) is 36.4 Å². The van der Waals surface area contributed by atoms with Crippen LogP contribution in [0.15, 0.2) is 54.9 Å². The van der Waals surface area contributed by atoms with Crippen LogP contribution in [0, 0.1) is 0 Å². The number of nitrogens with zero attached hydrogens (tertiary/aromatic N) is 1. The van der Waals surface area contributed by atoms with E-state index in [2.05, 4.69) is 15.6 Å². The number of pyridine rings is 1. The molecule has 2 amide bonds. The van der Waals surface area contributed by atoms with E-state index in [1.807, 2.05) is 42.5 Å². The number of carbonyl (C=O) groups excluding carboxylic acids is 2. The predicted molar refractivity (Wildman–Crippen MR) is 90.0 cm³/mol. The van der Waals surface area contributed by atoms with E-state index in [1.165, 1.54) is 0 Å². The summed E-state index contributed by atoms with van der Waals surface area (Å²) >= 11 is 0. The van der Waals surface area contributed by atoms with Crippen molar-refractivity contribution in [2.75, 3.05) is 6.61 Å². The monoisotopic (exact) mass is 327 g/mol. The molecule has 0 bridgehead atoms. The van der Waals surface area contributed by atoms with Crippen LogP contribution in [0.3, 0.4) is 0 Å². The number of rotatable bonds is 7. The lowest BCUT2D eigenvalue weighted by Gasteiger charge is -2.19. The molecule has 6 nitrogen and oxygen atoms in total. The van der Waals surface area contributed by atoms with Gasteiger partial charge in [0, 0.05) is 18.9 Å². The predicted octanol–water partition coefficient (Wildman–Crippen LogP) is 2.58. The molecule has 0 aliphatic heterocycles. The van der Waals surface area contributed by atoms with E-state index in [1.54, 1.807) is 19.3 Å². The number of ether oxygens (including phenoxy) is 1. The van der Waals surface area contributed by atoms with Crippen LogP contribution in [-0.2, 0) is 16.1 Å². The minimum Gasteiger partial charge on any atom is -0.466 e. The fraction of sp³-hybridized carbons (Fsp3) is 0.278. The molecule has 126 valence electrons. The van der Waals surface area contributed by atoms with Gasteiger partial charge in [-0.2, -0.15) is 0 Å². The Bertz CT molecular complexity index is 647. The molecule has 0 saturated heterocycles. The lowest BCUT2D eigenvalue weighted by molar-refractivity contribution is -0.143. The van der Waals surface area contributed by atoms with Crippen LogP contribution in [-0.4, -0.2) is 23.6 Å². The maximum atomic E-state index is 12.1. The number of aromatic nitrogens is 1. The number of nitrogens with one attached hydrogen (secondary N) is 2. The molecule has 2 N–H and O–H groups in total. The molecule has 0 saturated carbocycles. The van der Waals surface area contributed by atoms with Crippen molar-refractivity contribution in [2.45, 2.75) is 25.9 Å². The van der Waals surface area contributed by atoms with Crippen molar-refractivity contribution in [3.8, 4) is 0 Å². The molecule has 2 rings (SSSR count). The summed E-state index contributed by atoms with van der Waals surface area (Å²) in [5.41, 5.74) is 1.75. The molecule has 2 aromatic rings. The number of hydrogen-bond acceptors (Lipinski definition) is 4. The molecule has 0 aliphatic carbocycles. The summed E-state index contributed by atoms with van der Waals surface area (Å²) in [5, 5.41) is 5.58. The Morgan fingerprint density at radius 3 is 2.62 bits per heavy atom. The number of benzene rings is 1. The average molecular weight is 327 g/mol. The van der Waals surface area contributed by atoms with Gasteiger partial charge in [0.15, 0.2) is 0 Å². The molecule has 0 spiro atoms. The highest BCUT2D eigenvalue weighted by molar-refractivity contribution is 5.76. The van der Waals surface area contributed by atoms with Gasteiger partial charge in [-0.25, -0.2) is 4.79 Å². The van der Waals surface area contributed by atoms with Crippen LogP contribution in [0.25, 0.3) is 0 Å². The van der Waals surface area contributed by atoms with Gasteiger partial charge in [-0.15, -0.1) is 0 Å². The molecular weight excluding hydrogens is 306 g/mol. The highest BCUT2D eigenvalue weighted by atomic mass is 16.5. The zero-order valence-electron chi connectivity index (χ0n) is 13.6. The summed E-state index contributed by atoms with van der Waals surface area (Å²) in [5.74, 6) is -0.348. The number of amides is 2. The number of urea groups is 1. The number of esters is 1. The van der Waals surface area contributed by atoms with E-state index < -0.39 is 6.04 Å². The van der Waals surface area contributed by atoms with Gasteiger partial charge in [0.2, 0.25) is 0 Å². The Morgan fingerprint density at radius 1 is 1.17 bits per heavy atom. The van der Waals surface area contributed by atoms with Gasteiger partial charge in [0.25, 0.3) is 0 Å². The first-order chi connectivity index (χ1) is 11.7. The van der Waals surface area contributed by atoms with Crippen molar-refractivity contribution in [1.29, 1.82) is 0 Å². The first-order valence-electron chi connectivity index (χ1n) is 7.83. The minimum atomic E-state index is -0.445. The molecule has 0 aliphatic rings. The fourth-order valence-corrected chi connectivity index (χ4v) is 2.22. The van der Waals surface area contributed by atoms with E-state index >= 15 is 0 Å². The average Bonchev–Trinajstić information content (AvgIpc) is 2.61. The summed E-state index contributed by atoms with van der Waals surface area (Å²) in [7, 11) is 0. The highest BCUT2D eigenvalue weighted by Crippen LogP contribution is 2.17. The molecular formula is C18H21N3O3. The van der Waals surface area contributed by atoms with Gasteiger partial charge in [-0.3, -0.25) is 9.78 Å². The fourth-order valence-electron chi connectivity index (χ4n) is 2.22. The van der Waals surface area contributed by atoms with Crippen LogP contribution >= 0.6 is 0 Å². The molecule has 0 fully saturated rings. The normalized spacial score (nSPS) is 11.4. The number of hydrogen-bond donors (Lipinski definition) is 2. The van der Waals surface area contributed by atoms with Gasteiger partial charge in [-0.05, 0) is 24.1 Å². The second-order valence-corrected chi connectivity index (χ2v) is 5.16. The third-order valence-electron chi connectivity index (χ3n) is 3.36. The smallest absolute Gasteiger partial charge is 0.315 e. The zero-order valence-corrected chi connectivity index (χ0v) is 13.6. The van der Waals surface area contributed by atoms with Crippen molar-refractivity contribution < 1.29 is 14.3 Å². The van der Waals surface area contributed by atoms with Crippen LogP contribution in [0.2, 0.25) is 0 Å². The van der Waals surface area contributed by atoms with Crippen molar-refractivity contribution in [2.24, 2.45) is 0 Å². The molecule has 1 aromatic carbocycles. The first-order valence-corrected chi connectivity index (χ1v) is 7.83. The Labute approximate surface area is 141 Å². The van der Waals surface area contributed by atoms with Crippen LogP contribution in [0.5, 0.6) is 0 Å². The van der Waals surface area contributed by atoms with Gasteiger partial charge in [0.1, 0.15) is 0 Å². The summed E-state index contributed by atoms with van der Waals surface area (Å²) in [6, 6.07) is 12.2. The third-order valence-corrected chi connectivity index (χ3v) is 3.36. The van der Waals surface area contributed by atoms with Crippen molar-refractivity contribution >= 4 is 12.0 Å². The Balaban J connectivity index is 1.96. The lowest BCUT2D eigenvalue weighted by atomic mass is 10.0. The topological polar surface area (TPSA) is 80.3 Å². The Hall–Kier alpha value is -2.89. The zero-order chi connectivity index (χ0) is 17.2. The summed E-state index contributed by atoms with van der Waals surface area (Å²) < 4.78 is 4.99. The van der Waals surface area contributed by atoms with Crippen molar-refractivity contribution in [3.05, 3.63) is 66.0 Å². The highest BCUT2D eigenvalue weighted by Gasteiger charge is 2.19. The molecule has 6 heteroatoms. The first kappa shape index (κ1) is 17.5. The minimum absolute atomic E-state index is 0.0815. The SMILES string of the molecule is CCOC(=O)C[C@@H](NC(=O)NCc1cccnc1)c1ccccc1. The molecule has 24 heavy (non-hydrogen) atoms. The molecule has 0 radical (unpaired) electrons. The molecule has 1 atom stereocenters. The quantitative estimate of drug-likeness (QED) is 0.766. The van der Waals surface area contributed by atoms with Gasteiger partial charge in [0.05, 0.1) is 19.1 Å². The second kappa shape index (κ2) is 9.29. The van der Waals surface area contributed by atoms with Crippen molar-refractivity contribution in [3.63, 3.8) is 0 Å². The van der Waals surface area contributed by atoms with Crippen LogP contribution in [0.4, 0.5) is 4.79 Å². The van der Waals surface area contributed by atoms with Crippen LogP contribution < -0.4 is 10.6 Å². The van der Waals surface area contributed by atoms with Gasteiger partial charge >= 0.3 is 12.0 Å². The summed E-state index contributed by atoms with van der Waals surface area (Å²) in [6.45, 7) is 2.43. The van der Waals surface area contributed by atoms with E-state index in [9.17, 15) is 9.59 Å². The standard InChI is InChI=1S/C18H21N3O3/c1-2-24-17(22)11-16(15-8-4-3-5-9-15)21-18(23)20-13-14-7-6-10-19-12-14/h3-10,12,16H,2,11,13H2,1H3,(H2,20,21,23)/t16-/m1/s1. The van der Waals surface area contributed by atoms with Gasteiger partial charge < -0.3 is 15.4 Å². The summed E-state index contributed by atoms with van der Waals surface area (Å²) in [4.78, 5) is 27.9. The molecule has 1 heterocycles. The van der Waals surface area contributed by atoms with E-state index in [0.717, 1.165) is 11.1 Å². The van der Waals surface area contributed by atoms with Crippen LogP contribution in [0.1, 0.15) is 30.5 Å². The van der Waals surface area contributed by atoms with E-state index in [-0.39, 0.29) is 18.4 Å². The molecule has 0 unspecified atom stereocenters. The molecule has 1 aromatic heterocycles. The Kier molecular flexibility index (Phi) is 6.76. The van der Waals surface area contributed by atoms with E-state index in [4.69, 9.17) is 4.74 Å². The summed E-state index contributed by atoms with van der Waals surface area (Å²) in [6.07, 6.45) is 3.44. The maximum Gasteiger partial charge on any atom is 0.315 e. The largest absolute Gasteiger partial charge is 0.466 e. The number of carbonyl (C=O) groups is 2. The van der Waals surface area contributed by atoms with E-state index in [0.29, 0.717) is 13.2 Å².